The van der Waals surface area contributed by atoms with E-state index in [-0.39, 0.29) is 11.8 Å². The summed E-state index contributed by atoms with van der Waals surface area (Å²) in [5, 5.41) is 2.38. The zero-order valence-electron chi connectivity index (χ0n) is 12.4. The maximum atomic E-state index is 13.6. The molecule has 3 N–H and O–H groups in total. The Morgan fingerprint density at radius 1 is 1.48 bits per heavy atom. The summed E-state index contributed by atoms with van der Waals surface area (Å²) in [6.07, 6.45) is 0.215. The molecule has 0 spiro atoms. The summed E-state index contributed by atoms with van der Waals surface area (Å²) in [6, 6.07) is 2.88. The lowest BCUT2D eigenvalue weighted by atomic mass is 9.54. The standard InChI is InChI=1S/C15H20F2N2O2/c1-4-21-12-8-15(18,14(12,2)3)13(20)19-11-7-9(16)5-6-10(11)17/h5-7,12H,4,8,18H2,1-3H3,(H,19,20). The highest BCUT2D eigenvalue weighted by Gasteiger charge is 2.62. The van der Waals surface area contributed by atoms with E-state index >= 15 is 0 Å². The molecular formula is C15H20F2N2O2. The van der Waals surface area contributed by atoms with E-state index in [9.17, 15) is 13.6 Å². The Bertz CT molecular complexity index is 563. The molecule has 6 heteroatoms. The lowest BCUT2D eigenvalue weighted by Gasteiger charge is -2.57. The molecule has 0 saturated heterocycles. The van der Waals surface area contributed by atoms with Crippen LogP contribution in [-0.4, -0.2) is 24.2 Å². The molecule has 0 bridgehead atoms. The van der Waals surface area contributed by atoms with Gasteiger partial charge in [0, 0.05) is 24.5 Å². The van der Waals surface area contributed by atoms with Gasteiger partial charge in [0.25, 0.3) is 0 Å². The molecule has 0 heterocycles. The maximum Gasteiger partial charge on any atom is 0.245 e. The minimum Gasteiger partial charge on any atom is -0.378 e. The van der Waals surface area contributed by atoms with Crippen molar-refractivity contribution in [2.45, 2.75) is 38.8 Å². The molecule has 1 aromatic carbocycles. The van der Waals surface area contributed by atoms with Gasteiger partial charge in [-0.25, -0.2) is 8.78 Å². The van der Waals surface area contributed by atoms with E-state index in [1.165, 1.54) is 0 Å². The van der Waals surface area contributed by atoms with Crippen LogP contribution in [0.25, 0.3) is 0 Å². The van der Waals surface area contributed by atoms with E-state index in [0.717, 1.165) is 18.2 Å². The highest BCUT2D eigenvalue weighted by molar-refractivity contribution is 5.99. The molecule has 2 rings (SSSR count). The van der Waals surface area contributed by atoms with E-state index in [0.29, 0.717) is 13.0 Å². The van der Waals surface area contributed by atoms with Crippen molar-refractivity contribution in [3.8, 4) is 0 Å². The number of hydrogen-bond acceptors (Lipinski definition) is 3. The fraction of sp³-hybridized carbons (Fsp3) is 0.533. The molecule has 4 nitrogen and oxygen atoms in total. The van der Waals surface area contributed by atoms with Gasteiger partial charge in [-0.1, -0.05) is 13.8 Å². The Labute approximate surface area is 122 Å². The van der Waals surface area contributed by atoms with Gasteiger partial charge in [-0.15, -0.1) is 0 Å². The first-order valence-electron chi connectivity index (χ1n) is 6.89. The summed E-state index contributed by atoms with van der Waals surface area (Å²) in [7, 11) is 0. The first-order valence-corrected chi connectivity index (χ1v) is 6.89. The number of hydrogen-bond donors (Lipinski definition) is 2. The maximum absolute atomic E-state index is 13.6. The van der Waals surface area contributed by atoms with Crippen molar-refractivity contribution in [1.29, 1.82) is 0 Å². The van der Waals surface area contributed by atoms with E-state index in [1.807, 2.05) is 20.8 Å². The minimum atomic E-state index is -1.18. The van der Waals surface area contributed by atoms with Crippen LogP contribution >= 0.6 is 0 Å². The van der Waals surface area contributed by atoms with Crippen LogP contribution < -0.4 is 11.1 Å². The predicted octanol–water partition coefficient (Wildman–Crippen LogP) is 2.44. The van der Waals surface area contributed by atoms with Gasteiger partial charge in [0.2, 0.25) is 5.91 Å². The van der Waals surface area contributed by atoms with Crippen LogP contribution in [-0.2, 0) is 9.53 Å². The molecule has 1 aromatic rings. The zero-order chi connectivity index (χ0) is 15.8. The van der Waals surface area contributed by atoms with Gasteiger partial charge in [-0.3, -0.25) is 4.79 Å². The SMILES string of the molecule is CCOC1CC(N)(C(=O)Nc2cc(F)ccc2F)C1(C)C. The van der Waals surface area contributed by atoms with E-state index in [4.69, 9.17) is 10.5 Å². The van der Waals surface area contributed by atoms with Crippen molar-refractivity contribution in [2.24, 2.45) is 11.1 Å². The van der Waals surface area contributed by atoms with Gasteiger partial charge < -0.3 is 15.8 Å². The van der Waals surface area contributed by atoms with Crippen LogP contribution in [0.4, 0.5) is 14.5 Å². The van der Waals surface area contributed by atoms with Gasteiger partial charge in [0.15, 0.2) is 0 Å². The Morgan fingerprint density at radius 2 is 2.14 bits per heavy atom. The Kier molecular flexibility index (Phi) is 4.04. The number of rotatable bonds is 4. The Balaban J connectivity index is 2.16. The zero-order valence-corrected chi connectivity index (χ0v) is 12.4. The Hall–Kier alpha value is -1.53. The average Bonchev–Trinajstić information content (AvgIpc) is 2.42. The highest BCUT2D eigenvalue weighted by Crippen LogP contribution is 2.50. The smallest absolute Gasteiger partial charge is 0.245 e. The third-order valence-electron chi connectivity index (χ3n) is 4.41. The molecule has 2 unspecified atom stereocenters. The lowest BCUT2D eigenvalue weighted by molar-refractivity contribution is -0.166. The topological polar surface area (TPSA) is 64.3 Å². The third kappa shape index (κ3) is 2.53. The van der Waals surface area contributed by atoms with Gasteiger partial charge in [0.05, 0.1) is 11.8 Å². The van der Waals surface area contributed by atoms with E-state index in [1.54, 1.807) is 0 Å². The van der Waals surface area contributed by atoms with E-state index < -0.39 is 28.5 Å². The number of carbonyl (C=O) groups excluding carboxylic acids is 1. The minimum absolute atomic E-state index is 0.129. The Morgan fingerprint density at radius 3 is 2.71 bits per heavy atom. The molecule has 21 heavy (non-hydrogen) atoms. The van der Waals surface area contributed by atoms with Gasteiger partial charge in [-0.05, 0) is 19.1 Å². The largest absolute Gasteiger partial charge is 0.378 e. The fourth-order valence-corrected chi connectivity index (χ4v) is 2.65. The number of anilines is 1. The summed E-state index contributed by atoms with van der Waals surface area (Å²) in [5.74, 6) is -1.86. The number of amides is 1. The number of nitrogens with two attached hydrogens (primary N) is 1. The summed E-state index contributed by atoms with van der Waals surface area (Å²) >= 11 is 0. The molecule has 1 saturated carbocycles. The van der Waals surface area contributed by atoms with Crippen LogP contribution in [0, 0.1) is 17.0 Å². The second-order valence-electron chi connectivity index (χ2n) is 5.92. The summed E-state index contributed by atoms with van der Waals surface area (Å²) in [4.78, 5) is 12.4. The van der Waals surface area contributed by atoms with Crippen molar-refractivity contribution in [3.05, 3.63) is 29.8 Å². The first-order chi connectivity index (χ1) is 9.72. The lowest BCUT2D eigenvalue weighted by Crippen LogP contribution is -2.74. The molecule has 1 amide bonds. The quantitative estimate of drug-likeness (QED) is 0.897. The molecule has 1 fully saturated rings. The third-order valence-corrected chi connectivity index (χ3v) is 4.41. The van der Waals surface area contributed by atoms with Crippen LogP contribution in [0.15, 0.2) is 18.2 Å². The number of halogens is 2. The van der Waals surface area contributed by atoms with Gasteiger partial charge >= 0.3 is 0 Å². The van der Waals surface area contributed by atoms with Crippen molar-refractivity contribution < 1.29 is 18.3 Å². The summed E-state index contributed by atoms with van der Waals surface area (Å²) in [5.41, 5.74) is 4.20. The van der Waals surface area contributed by atoms with Crippen LogP contribution in [0.5, 0.6) is 0 Å². The number of benzene rings is 1. The molecule has 1 aliphatic carbocycles. The van der Waals surface area contributed by atoms with Crippen molar-refractivity contribution in [1.82, 2.24) is 0 Å². The van der Waals surface area contributed by atoms with E-state index in [2.05, 4.69) is 5.32 Å². The van der Waals surface area contributed by atoms with Gasteiger partial charge in [0.1, 0.15) is 17.2 Å². The van der Waals surface area contributed by atoms with Crippen LogP contribution in [0.1, 0.15) is 27.2 Å². The second kappa shape index (κ2) is 5.35. The summed E-state index contributed by atoms with van der Waals surface area (Å²) < 4.78 is 32.3. The average molecular weight is 298 g/mol. The molecule has 1 aliphatic rings. The fourth-order valence-electron chi connectivity index (χ4n) is 2.65. The van der Waals surface area contributed by atoms with Crippen LogP contribution in [0.2, 0.25) is 0 Å². The predicted molar refractivity (Wildman–Crippen MR) is 75.7 cm³/mol. The monoisotopic (exact) mass is 298 g/mol. The van der Waals surface area contributed by atoms with Crippen molar-refractivity contribution in [2.75, 3.05) is 11.9 Å². The molecule has 0 radical (unpaired) electrons. The number of carbonyl (C=O) groups is 1. The van der Waals surface area contributed by atoms with Crippen molar-refractivity contribution >= 4 is 11.6 Å². The summed E-state index contributed by atoms with van der Waals surface area (Å²) in [6.45, 7) is 6.07. The van der Waals surface area contributed by atoms with Crippen LogP contribution in [0.3, 0.4) is 0 Å². The number of ether oxygens (including phenoxy) is 1. The molecule has 0 aromatic heterocycles. The number of nitrogens with one attached hydrogen (secondary N) is 1. The molecule has 2 atom stereocenters. The molecular weight excluding hydrogens is 278 g/mol. The first kappa shape index (κ1) is 15.9. The van der Waals surface area contributed by atoms with Crippen molar-refractivity contribution in [3.63, 3.8) is 0 Å². The molecule has 116 valence electrons. The second-order valence-corrected chi connectivity index (χ2v) is 5.92. The van der Waals surface area contributed by atoms with Gasteiger partial charge in [-0.2, -0.15) is 0 Å². The normalized spacial score (nSPS) is 27.0. The molecule has 0 aliphatic heterocycles. The highest BCUT2D eigenvalue weighted by atomic mass is 19.1.